The van der Waals surface area contributed by atoms with E-state index in [4.69, 9.17) is 4.74 Å². The third kappa shape index (κ3) is 5.24. The summed E-state index contributed by atoms with van der Waals surface area (Å²) in [5.41, 5.74) is -0.624. The molecule has 0 radical (unpaired) electrons. The number of hydrogen-bond acceptors (Lipinski definition) is 5. The number of esters is 1. The highest BCUT2D eigenvalue weighted by Crippen LogP contribution is 2.18. The minimum absolute atomic E-state index is 0.172. The van der Waals surface area contributed by atoms with E-state index in [-0.39, 0.29) is 5.97 Å². The van der Waals surface area contributed by atoms with Crippen LogP contribution in [0.4, 0.5) is 0 Å². The Labute approximate surface area is 130 Å². The Hall–Kier alpha value is -0.650. The molecule has 1 aliphatic rings. The zero-order valence-electron chi connectivity index (χ0n) is 14.4. The Morgan fingerprint density at radius 2 is 2.00 bits per heavy atom. The van der Waals surface area contributed by atoms with Crippen LogP contribution in [0.5, 0.6) is 0 Å². The van der Waals surface area contributed by atoms with E-state index in [1.54, 1.807) is 0 Å². The molecule has 0 aromatic heterocycles. The van der Waals surface area contributed by atoms with E-state index in [0.717, 1.165) is 32.6 Å². The SMILES string of the molecule is CCCNC(C)(CN(C)C1CCN(CC)CC1)C(=O)OC. The summed E-state index contributed by atoms with van der Waals surface area (Å²) < 4.78 is 5.00. The summed E-state index contributed by atoms with van der Waals surface area (Å²) in [4.78, 5) is 16.9. The van der Waals surface area contributed by atoms with Crippen molar-refractivity contribution >= 4 is 5.97 Å². The maximum absolute atomic E-state index is 12.1. The molecule has 0 amide bonds. The van der Waals surface area contributed by atoms with E-state index in [9.17, 15) is 4.79 Å². The van der Waals surface area contributed by atoms with Crippen LogP contribution in [0.25, 0.3) is 0 Å². The van der Waals surface area contributed by atoms with Gasteiger partial charge in [0.25, 0.3) is 0 Å². The van der Waals surface area contributed by atoms with E-state index in [2.05, 4.69) is 36.0 Å². The van der Waals surface area contributed by atoms with Crippen LogP contribution in [0.1, 0.15) is 40.0 Å². The molecular weight excluding hydrogens is 266 g/mol. The first kappa shape index (κ1) is 18.4. The molecular formula is C16H33N3O2. The van der Waals surface area contributed by atoms with Crippen LogP contribution in [0, 0.1) is 0 Å². The highest BCUT2D eigenvalue weighted by molar-refractivity contribution is 5.80. The summed E-state index contributed by atoms with van der Waals surface area (Å²) in [5.74, 6) is -0.172. The van der Waals surface area contributed by atoms with E-state index in [0.29, 0.717) is 12.6 Å². The third-order valence-electron chi connectivity index (χ3n) is 4.59. The number of rotatable bonds is 8. The Kier molecular flexibility index (Phi) is 7.63. The molecule has 1 unspecified atom stereocenters. The highest BCUT2D eigenvalue weighted by atomic mass is 16.5. The quantitative estimate of drug-likeness (QED) is 0.685. The summed E-state index contributed by atoms with van der Waals surface area (Å²) in [6, 6.07) is 0.556. The number of carbonyl (C=O) groups is 1. The normalized spacial score (nSPS) is 20.5. The summed E-state index contributed by atoms with van der Waals surface area (Å²) in [7, 11) is 3.59. The first-order valence-electron chi connectivity index (χ1n) is 8.22. The number of methoxy groups -OCH3 is 1. The van der Waals surface area contributed by atoms with Gasteiger partial charge in [0, 0.05) is 12.6 Å². The van der Waals surface area contributed by atoms with Crippen molar-refractivity contribution in [1.29, 1.82) is 0 Å². The lowest BCUT2D eigenvalue weighted by Gasteiger charge is -2.40. The van der Waals surface area contributed by atoms with Crippen molar-refractivity contribution in [2.24, 2.45) is 0 Å². The smallest absolute Gasteiger partial charge is 0.327 e. The van der Waals surface area contributed by atoms with Crippen LogP contribution < -0.4 is 5.32 Å². The molecule has 1 N–H and O–H groups in total. The highest BCUT2D eigenvalue weighted by Gasteiger charge is 2.36. The van der Waals surface area contributed by atoms with Crippen molar-refractivity contribution < 1.29 is 9.53 Å². The van der Waals surface area contributed by atoms with Crippen molar-refractivity contribution in [2.45, 2.75) is 51.6 Å². The van der Waals surface area contributed by atoms with Gasteiger partial charge in [0.05, 0.1) is 7.11 Å². The fraction of sp³-hybridized carbons (Fsp3) is 0.938. The molecule has 0 saturated carbocycles. The van der Waals surface area contributed by atoms with E-state index < -0.39 is 5.54 Å². The number of piperidine rings is 1. The van der Waals surface area contributed by atoms with Gasteiger partial charge in [0.15, 0.2) is 0 Å². The van der Waals surface area contributed by atoms with Crippen LogP contribution in [-0.4, -0.2) is 74.2 Å². The van der Waals surface area contributed by atoms with Gasteiger partial charge in [0.2, 0.25) is 0 Å². The molecule has 0 aliphatic carbocycles. The summed E-state index contributed by atoms with van der Waals surface area (Å²) in [6.45, 7) is 11.2. The van der Waals surface area contributed by atoms with Gasteiger partial charge in [-0.3, -0.25) is 4.79 Å². The minimum Gasteiger partial charge on any atom is -0.468 e. The molecule has 1 aliphatic heterocycles. The minimum atomic E-state index is -0.624. The number of likely N-dealkylation sites (tertiary alicyclic amines) is 1. The molecule has 5 nitrogen and oxygen atoms in total. The molecule has 1 heterocycles. The van der Waals surface area contributed by atoms with Gasteiger partial charge in [-0.2, -0.15) is 0 Å². The van der Waals surface area contributed by atoms with Crippen molar-refractivity contribution in [3.63, 3.8) is 0 Å². The topological polar surface area (TPSA) is 44.8 Å². The Morgan fingerprint density at radius 3 is 2.48 bits per heavy atom. The molecule has 124 valence electrons. The second-order valence-corrected chi connectivity index (χ2v) is 6.33. The molecule has 1 rings (SSSR count). The Balaban J connectivity index is 2.59. The maximum atomic E-state index is 12.1. The molecule has 1 fully saturated rings. The molecule has 21 heavy (non-hydrogen) atoms. The summed E-state index contributed by atoms with van der Waals surface area (Å²) in [5, 5.41) is 3.36. The number of ether oxygens (including phenoxy) is 1. The van der Waals surface area contributed by atoms with Gasteiger partial charge >= 0.3 is 5.97 Å². The van der Waals surface area contributed by atoms with Crippen LogP contribution in [0.2, 0.25) is 0 Å². The van der Waals surface area contributed by atoms with E-state index in [1.807, 2.05) is 6.92 Å². The van der Waals surface area contributed by atoms with Gasteiger partial charge < -0.3 is 19.9 Å². The average molecular weight is 299 g/mol. The van der Waals surface area contributed by atoms with Crippen LogP contribution in [-0.2, 0) is 9.53 Å². The molecule has 1 atom stereocenters. The molecule has 0 aromatic carbocycles. The standard InChI is InChI=1S/C16H33N3O2/c1-6-10-17-16(3,15(20)21-5)13-18(4)14-8-11-19(7-2)12-9-14/h14,17H,6-13H2,1-5H3. The lowest BCUT2D eigenvalue weighted by atomic mass is 9.97. The zero-order valence-corrected chi connectivity index (χ0v) is 14.4. The van der Waals surface area contributed by atoms with E-state index in [1.165, 1.54) is 20.0 Å². The maximum Gasteiger partial charge on any atom is 0.327 e. The predicted molar refractivity (Wildman–Crippen MR) is 86.5 cm³/mol. The second kappa shape index (κ2) is 8.71. The third-order valence-corrected chi connectivity index (χ3v) is 4.59. The predicted octanol–water partition coefficient (Wildman–Crippen LogP) is 1.33. The average Bonchev–Trinajstić information content (AvgIpc) is 2.52. The fourth-order valence-electron chi connectivity index (χ4n) is 3.12. The zero-order chi connectivity index (χ0) is 15.9. The van der Waals surface area contributed by atoms with E-state index >= 15 is 0 Å². The molecule has 0 aromatic rings. The molecule has 0 bridgehead atoms. The van der Waals surface area contributed by atoms with Gasteiger partial charge in [-0.05, 0) is 59.4 Å². The van der Waals surface area contributed by atoms with Crippen LogP contribution in [0.3, 0.4) is 0 Å². The molecule has 1 saturated heterocycles. The summed E-state index contributed by atoms with van der Waals surface area (Å²) in [6.07, 6.45) is 3.36. The van der Waals surface area contributed by atoms with Gasteiger partial charge in [-0.25, -0.2) is 0 Å². The van der Waals surface area contributed by atoms with Crippen molar-refractivity contribution in [3.05, 3.63) is 0 Å². The monoisotopic (exact) mass is 299 g/mol. The van der Waals surface area contributed by atoms with Crippen molar-refractivity contribution in [2.75, 3.05) is 46.9 Å². The van der Waals surface area contributed by atoms with Crippen molar-refractivity contribution in [3.8, 4) is 0 Å². The van der Waals surface area contributed by atoms with Crippen LogP contribution >= 0.6 is 0 Å². The number of hydrogen-bond donors (Lipinski definition) is 1. The first-order valence-corrected chi connectivity index (χ1v) is 8.22. The van der Waals surface area contributed by atoms with Gasteiger partial charge in [-0.15, -0.1) is 0 Å². The lowest BCUT2D eigenvalue weighted by molar-refractivity contribution is -0.149. The summed E-state index contributed by atoms with van der Waals surface area (Å²) >= 11 is 0. The second-order valence-electron chi connectivity index (χ2n) is 6.33. The lowest BCUT2D eigenvalue weighted by Crippen LogP contribution is -2.59. The number of carbonyl (C=O) groups excluding carboxylic acids is 1. The molecule has 0 spiro atoms. The fourth-order valence-corrected chi connectivity index (χ4v) is 3.12. The largest absolute Gasteiger partial charge is 0.468 e. The molecule has 5 heteroatoms. The first-order chi connectivity index (χ1) is 9.96. The number of likely N-dealkylation sites (N-methyl/N-ethyl adjacent to an activating group) is 1. The Morgan fingerprint density at radius 1 is 1.38 bits per heavy atom. The van der Waals surface area contributed by atoms with Crippen molar-refractivity contribution in [1.82, 2.24) is 15.1 Å². The van der Waals surface area contributed by atoms with Gasteiger partial charge in [-0.1, -0.05) is 13.8 Å². The number of nitrogens with zero attached hydrogens (tertiary/aromatic N) is 2. The van der Waals surface area contributed by atoms with Crippen LogP contribution in [0.15, 0.2) is 0 Å². The number of nitrogens with one attached hydrogen (secondary N) is 1. The van der Waals surface area contributed by atoms with Gasteiger partial charge in [0.1, 0.15) is 5.54 Å². The Bertz CT molecular complexity index is 317.